The van der Waals surface area contributed by atoms with Crippen LogP contribution in [-0.4, -0.2) is 30.6 Å². The fraction of sp³-hybridized carbons (Fsp3) is 0.467. The summed E-state index contributed by atoms with van der Waals surface area (Å²) in [6.07, 6.45) is 7.97. The molecule has 0 aliphatic heterocycles. The van der Waals surface area contributed by atoms with Crippen LogP contribution >= 0.6 is 0 Å². The molecule has 5 nitrogen and oxygen atoms in total. The van der Waals surface area contributed by atoms with Crippen molar-refractivity contribution in [1.29, 1.82) is 0 Å². The fourth-order valence-corrected chi connectivity index (χ4v) is 1.44. The molecule has 1 aromatic rings. The zero-order valence-corrected chi connectivity index (χ0v) is 12.1. The van der Waals surface area contributed by atoms with Gasteiger partial charge in [0, 0.05) is 18.8 Å². The van der Waals surface area contributed by atoms with Gasteiger partial charge >= 0.3 is 0 Å². The van der Waals surface area contributed by atoms with Gasteiger partial charge in [0.2, 0.25) is 5.88 Å². The maximum absolute atomic E-state index is 5.43. The molecular formula is C15H22N4O. The smallest absolute Gasteiger partial charge is 0.213 e. The number of ether oxygens (including phenoxy) is 1. The predicted molar refractivity (Wildman–Crippen MR) is 81.7 cm³/mol. The van der Waals surface area contributed by atoms with Gasteiger partial charge in [0.25, 0.3) is 0 Å². The van der Waals surface area contributed by atoms with Gasteiger partial charge in [0.1, 0.15) is 0 Å². The van der Waals surface area contributed by atoms with Crippen LogP contribution in [0.2, 0.25) is 0 Å². The zero-order chi connectivity index (χ0) is 14.6. The Morgan fingerprint density at radius 1 is 1.40 bits per heavy atom. The molecule has 0 amide bonds. The SMILES string of the molecule is C#CCNC(=NCc1ccc(OCCC)nc1)NCC. The van der Waals surface area contributed by atoms with Crippen molar-refractivity contribution in [1.82, 2.24) is 15.6 Å². The molecular weight excluding hydrogens is 252 g/mol. The van der Waals surface area contributed by atoms with Crippen LogP contribution in [-0.2, 0) is 6.54 Å². The summed E-state index contributed by atoms with van der Waals surface area (Å²) < 4.78 is 5.43. The van der Waals surface area contributed by atoms with Crippen molar-refractivity contribution in [3.05, 3.63) is 23.9 Å². The van der Waals surface area contributed by atoms with Crippen LogP contribution in [0.1, 0.15) is 25.8 Å². The molecule has 0 bridgehead atoms. The normalized spacial score (nSPS) is 10.8. The third kappa shape index (κ3) is 6.10. The first-order valence-electron chi connectivity index (χ1n) is 6.83. The maximum atomic E-state index is 5.43. The second-order valence-corrected chi connectivity index (χ2v) is 4.11. The minimum Gasteiger partial charge on any atom is -0.478 e. The van der Waals surface area contributed by atoms with Crippen molar-refractivity contribution < 1.29 is 4.74 Å². The van der Waals surface area contributed by atoms with E-state index in [-0.39, 0.29) is 0 Å². The van der Waals surface area contributed by atoms with Gasteiger partial charge in [-0.05, 0) is 18.9 Å². The van der Waals surface area contributed by atoms with Crippen LogP contribution in [0.25, 0.3) is 0 Å². The number of nitrogens with one attached hydrogen (secondary N) is 2. The summed E-state index contributed by atoms with van der Waals surface area (Å²) in [4.78, 5) is 8.67. The Morgan fingerprint density at radius 3 is 2.85 bits per heavy atom. The van der Waals surface area contributed by atoms with Crippen LogP contribution in [0.4, 0.5) is 0 Å². The summed E-state index contributed by atoms with van der Waals surface area (Å²) in [5, 5.41) is 6.16. The highest BCUT2D eigenvalue weighted by molar-refractivity contribution is 5.79. The number of pyridine rings is 1. The Morgan fingerprint density at radius 2 is 2.25 bits per heavy atom. The Kier molecular flexibility index (Phi) is 7.66. The van der Waals surface area contributed by atoms with Gasteiger partial charge < -0.3 is 15.4 Å². The summed E-state index contributed by atoms with van der Waals surface area (Å²) in [5.41, 5.74) is 1.02. The van der Waals surface area contributed by atoms with Crippen LogP contribution in [0.5, 0.6) is 5.88 Å². The van der Waals surface area contributed by atoms with E-state index in [1.165, 1.54) is 0 Å². The number of guanidine groups is 1. The zero-order valence-electron chi connectivity index (χ0n) is 12.1. The first-order valence-corrected chi connectivity index (χ1v) is 6.83. The van der Waals surface area contributed by atoms with E-state index in [1.54, 1.807) is 6.20 Å². The van der Waals surface area contributed by atoms with Crippen LogP contribution in [0.3, 0.4) is 0 Å². The van der Waals surface area contributed by atoms with Crippen molar-refractivity contribution in [3.8, 4) is 18.2 Å². The summed E-state index contributed by atoms with van der Waals surface area (Å²) in [7, 11) is 0. The van der Waals surface area contributed by atoms with Crippen molar-refractivity contribution in [2.75, 3.05) is 19.7 Å². The number of hydrogen-bond donors (Lipinski definition) is 2. The maximum Gasteiger partial charge on any atom is 0.213 e. The molecule has 0 spiro atoms. The Labute approximate surface area is 120 Å². The van der Waals surface area contributed by atoms with Crippen molar-refractivity contribution in [2.24, 2.45) is 4.99 Å². The minimum absolute atomic E-state index is 0.452. The molecule has 0 aliphatic rings. The third-order valence-electron chi connectivity index (χ3n) is 2.37. The van der Waals surface area contributed by atoms with Gasteiger partial charge in [0.05, 0.1) is 19.7 Å². The molecule has 0 unspecified atom stereocenters. The van der Waals surface area contributed by atoms with E-state index in [2.05, 4.69) is 33.5 Å². The molecule has 108 valence electrons. The highest BCUT2D eigenvalue weighted by atomic mass is 16.5. The van der Waals surface area contributed by atoms with Gasteiger partial charge in [-0.25, -0.2) is 9.98 Å². The molecule has 0 fully saturated rings. The number of rotatable bonds is 7. The molecule has 0 aromatic carbocycles. The second-order valence-electron chi connectivity index (χ2n) is 4.11. The Bertz CT molecular complexity index is 448. The van der Waals surface area contributed by atoms with Crippen molar-refractivity contribution in [3.63, 3.8) is 0 Å². The predicted octanol–water partition coefficient (Wildman–Crippen LogP) is 1.56. The molecule has 1 rings (SSSR count). The largest absolute Gasteiger partial charge is 0.478 e. The summed E-state index contributed by atoms with van der Waals surface area (Å²) in [6.45, 7) is 6.54. The van der Waals surface area contributed by atoms with Gasteiger partial charge in [-0.3, -0.25) is 0 Å². The Hall–Kier alpha value is -2.22. The number of aromatic nitrogens is 1. The molecule has 1 heterocycles. The average Bonchev–Trinajstić information content (AvgIpc) is 2.49. The van der Waals surface area contributed by atoms with E-state index in [1.807, 2.05) is 19.1 Å². The van der Waals surface area contributed by atoms with E-state index >= 15 is 0 Å². The molecule has 0 radical (unpaired) electrons. The minimum atomic E-state index is 0.452. The quantitative estimate of drug-likeness (QED) is 0.450. The lowest BCUT2D eigenvalue weighted by Crippen LogP contribution is -2.37. The number of hydrogen-bond acceptors (Lipinski definition) is 3. The molecule has 2 N–H and O–H groups in total. The van der Waals surface area contributed by atoms with Gasteiger partial charge in [-0.15, -0.1) is 6.42 Å². The van der Waals surface area contributed by atoms with Gasteiger partial charge in [-0.2, -0.15) is 0 Å². The molecule has 0 atom stereocenters. The first-order chi connectivity index (χ1) is 9.80. The summed E-state index contributed by atoms with van der Waals surface area (Å²) >= 11 is 0. The first kappa shape index (κ1) is 15.8. The van der Waals surface area contributed by atoms with Crippen LogP contribution < -0.4 is 15.4 Å². The fourth-order valence-electron chi connectivity index (χ4n) is 1.44. The van der Waals surface area contributed by atoms with Gasteiger partial charge in [0.15, 0.2) is 5.96 Å². The van der Waals surface area contributed by atoms with E-state index in [9.17, 15) is 0 Å². The highest BCUT2D eigenvalue weighted by Crippen LogP contribution is 2.08. The standard InChI is InChI=1S/C15H22N4O/c1-4-9-17-15(16-6-3)19-12-13-7-8-14(18-11-13)20-10-5-2/h1,7-8,11H,5-6,9-10,12H2,2-3H3,(H2,16,17,19). The van der Waals surface area contributed by atoms with Crippen LogP contribution in [0, 0.1) is 12.3 Å². The third-order valence-corrected chi connectivity index (χ3v) is 2.37. The monoisotopic (exact) mass is 274 g/mol. The van der Waals surface area contributed by atoms with Crippen molar-refractivity contribution in [2.45, 2.75) is 26.8 Å². The Balaban J connectivity index is 2.55. The number of terminal acetylenes is 1. The lowest BCUT2D eigenvalue weighted by molar-refractivity contribution is 0.305. The number of aliphatic imine (C=N–C) groups is 1. The van der Waals surface area contributed by atoms with E-state index < -0.39 is 0 Å². The number of nitrogens with zero attached hydrogens (tertiary/aromatic N) is 2. The van der Waals surface area contributed by atoms with Crippen molar-refractivity contribution >= 4 is 5.96 Å². The molecule has 1 aromatic heterocycles. The molecule has 0 aliphatic carbocycles. The van der Waals surface area contributed by atoms with E-state index in [0.717, 1.165) is 18.5 Å². The van der Waals surface area contributed by atoms with E-state index in [0.29, 0.717) is 31.5 Å². The second kappa shape index (κ2) is 9.68. The highest BCUT2D eigenvalue weighted by Gasteiger charge is 1.98. The topological polar surface area (TPSA) is 58.5 Å². The summed E-state index contributed by atoms with van der Waals surface area (Å²) in [6, 6.07) is 3.83. The summed E-state index contributed by atoms with van der Waals surface area (Å²) in [5.74, 6) is 3.88. The van der Waals surface area contributed by atoms with Gasteiger partial charge in [-0.1, -0.05) is 18.9 Å². The molecule has 20 heavy (non-hydrogen) atoms. The molecule has 5 heteroatoms. The molecule has 0 saturated heterocycles. The lowest BCUT2D eigenvalue weighted by Gasteiger charge is -2.09. The lowest BCUT2D eigenvalue weighted by atomic mass is 10.3. The molecule has 0 saturated carbocycles. The van der Waals surface area contributed by atoms with E-state index in [4.69, 9.17) is 11.2 Å². The average molecular weight is 274 g/mol. The van der Waals surface area contributed by atoms with Crippen LogP contribution in [0.15, 0.2) is 23.3 Å².